The number of benzene rings is 1. The lowest BCUT2D eigenvalue weighted by Gasteiger charge is -2.37. The topological polar surface area (TPSA) is 74.9 Å². The number of nitrogens with zero attached hydrogens (tertiary/aromatic N) is 2. The number of aryl methyl sites for hydroxylation is 1. The molecule has 2 amide bonds. The molecule has 0 radical (unpaired) electrons. The smallest absolute Gasteiger partial charge is 0.410 e. The van der Waals surface area contributed by atoms with Gasteiger partial charge in [0.25, 0.3) is 5.91 Å². The number of piperidine rings is 1. The fraction of sp³-hybridized carbons (Fsp3) is 0.429. The minimum Gasteiger partial charge on any atom is -0.492 e. The van der Waals surface area contributed by atoms with Crippen molar-refractivity contribution in [2.45, 2.75) is 25.4 Å². The summed E-state index contributed by atoms with van der Waals surface area (Å²) in [6, 6.07) is 11.4. The van der Waals surface area contributed by atoms with Crippen molar-refractivity contribution in [3.8, 4) is 5.75 Å². The number of ether oxygens (including phenoxy) is 2. The van der Waals surface area contributed by atoms with Gasteiger partial charge < -0.3 is 24.3 Å². The Balaban J connectivity index is 1.28. The van der Waals surface area contributed by atoms with Crippen LogP contribution in [0.15, 0.2) is 42.6 Å². The number of likely N-dealkylation sites (tertiary alicyclic amines) is 1. The minimum absolute atomic E-state index is 0.000362. The Kier molecular flexibility index (Phi) is 4.98. The van der Waals surface area contributed by atoms with E-state index in [0.717, 1.165) is 11.3 Å². The fourth-order valence-corrected chi connectivity index (χ4v) is 3.83. The van der Waals surface area contributed by atoms with Crippen molar-refractivity contribution in [3.05, 3.63) is 53.9 Å². The van der Waals surface area contributed by atoms with Crippen molar-refractivity contribution in [3.63, 3.8) is 0 Å². The lowest BCUT2D eigenvalue weighted by Crippen LogP contribution is -2.49. The lowest BCUT2D eigenvalue weighted by atomic mass is 9.91. The largest absolute Gasteiger partial charge is 0.492 e. The molecular formula is C21H25N3O4. The number of rotatable bonds is 5. The summed E-state index contributed by atoms with van der Waals surface area (Å²) in [5.41, 5.74) is 1.15. The number of aromatic nitrogens is 1. The Labute approximate surface area is 164 Å². The minimum atomic E-state index is -0.494. The van der Waals surface area contributed by atoms with Crippen molar-refractivity contribution in [2.24, 2.45) is 0 Å². The number of carbonyl (C=O) groups is 2. The van der Waals surface area contributed by atoms with Crippen LogP contribution in [0.5, 0.6) is 5.75 Å². The monoisotopic (exact) mass is 383 g/mol. The molecule has 1 spiro atoms. The second kappa shape index (κ2) is 7.58. The van der Waals surface area contributed by atoms with Crippen LogP contribution in [-0.2, 0) is 4.74 Å². The van der Waals surface area contributed by atoms with Gasteiger partial charge in [-0.25, -0.2) is 4.79 Å². The van der Waals surface area contributed by atoms with Gasteiger partial charge in [0, 0.05) is 32.1 Å². The van der Waals surface area contributed by atoms with E-state index in [2.05, 4.69) is 4.98 Å². The summed E-state index contributed by atoms with van der Waals surface area (Å²) in [6.45, 7) is 4.57. The maximum atomic E-state index is 12.6. The van der Waals surface area contributed by atoms with Crippen LogP contribution in [-0.4, -0.2) is 65.2 Å². The molecule has 3 heterocycles. The van der Waals surface area contributed by atoms with E-state index in [-0.39, 0.29) is 12.0 Å². The van der Waals surface area contributed by atoms with Gasteiger partial charge in [-0.2, -0.15) is 0 Å². The average Bonchev–Trinajstić information content (AvgIpc) is 3.26. The van der Waals surface area contributed by atoms with Gasteiger partial charge in [-0.15, -0.1) is 0 Å². The van der Waals surface area contributed by atoms with Gasteiger partial charge in [0.2, 0.25) is 0 Å². The zero-order valence-electron chi connectivity index (χ0n) is 16.0. The molecule has 0 saturated carbocycles. The Hall–Kier alpha value is -2.96. The second-order valence-corrected chi connectivity index (χ2v) is 7.52. The highest BCUT2D eigenvalue weighted by molar-refractivity contribution is 5.92. The second-order valence-electron chi connectivity index (χ2n) is 7.52. The van der Waals surface area contributed by atoms with Crippen LogP contribution in [0.4, 0.5) is 4.79 Å². The van der Waals surface area contributed by atoms with Crippen LogP contribution in [0.1, 0.15) is 28.9 Å². The Morgan fingerprint density at radius 3 is 2.68 bits per heavy atom. The molecule has 2 aromatic rings. The molecule has 7 heteroatoms. The lowest BCUT2D eigenvalue weighted by molar-refractivity contribution is 0.00298. The number of amides is 2. The number of hydrogen-bond acceptors (Lipinski definition) is 4. The maximum Gasteiger partial charge on any atom is 0.410 e. The molecule has 148 valence electrons. The van der Waals surface area contributed by atoms with E-state index in [9.17, 15) is 9.59 Å². The summed E-state index contributed by atoms with van der Waals surface area (Å²) in [7, 11) is 0. The Morgan fingerprint density at radius 1 is 1.25 bits per heavy atom. The molecule has 7 nitrogen and oxygen atoms in total. The van der Waals surface area contributed by atoms with Crippen molar-refractivity contribution >= 4 is 12.0 Å². The van der Waals surface area contributed by atoms with E-state index in [1.807, 2.05) is 54.4 Å². The molecule has 1 N–H and O–H groups in total. The van der Waals surface area contributed by atoms with Crippen molar-refractivity contribution < 1.29 is 19.1 Å². The first-order chi connectivity index (χ1) is 13.5. The molecule has 0 unspecified atom stereocenters. The molecule has 2 aliphatic heterocycles. The van der Waals surface area contributed by atoms with Gasteiger partial charge in [0.15, 0.2) is 0 Å². The third-order valence-corrected chi connectivity index (χ3v) is 5.43. The summed E-state index contributed by atoms with van der Waals surface area (Å²) in [4.78, 5) is 31.4. The van der Waals surface area contributed by atoms with Gasteiger partial charge in [-0.1, -0.05) is 18.2 Å². The van der Waals surface area contributed by atoms with Gasteiger partial charge >= 0.3 is 6.09 Å². The molecule has 0 aliphatic carbocycles. The van der Waals surface area contributed by atoms with Gasteiger partial charge in [-0.05, 0) is 30.7 Å². The SMILES string of the molecule is Cc1c[nH]c(C(=O)N2CCC3(CC2)CN(CCOc2ccccc2)C(=O)O3)c1. The van der Waals surface area contributed by atoms with E-state index in [4.69, 9.17) is 9.47 Å². The molecule has 0 bridgehead atoms. The third kappa shape index (κ3) is 3.83. The Morgan fingerprint density at radius 2 is 2.00 bits per heavy atom. The Bertz CT molecular complexity index is 840. The fourth-order valence-electron chi connectivity index (χ4n) is 3.83. The molecule has 4 rings (SSSR count). The maximum absolute atomic E-state index is 12.6. The van der Waals surface area contributed by atoms with E-state index in [1.54, 1.807) is 4.90 Å². The van der Waals surface area contributed by atoms with Crippen molar-refractivity contribution in [1.29, 1.82) is 0 Å². The first-order valence-corrected chi connectivity index (χ1v) is 9.65. The van der Waals surface area contributed by atoms with Crippen LogP contribution in [0.2, 0.25) is 0 Å². The van der Waals surface area contributed by atoms with Crippen molar-refractivity contribution in [2.75, 3.05) is 32.8 Å². The van der Waals surface area contributed by atoms with E-state index < -0.39 is 5.60 Å². The molecule has 2 aliphatic rings. The average molecular weight is 383 g/mol. The molecule has 1 aromatic carbocycles. The van der Waals surface area contributed by atoms with Crippen LogP contribution in [0.3, 0.4) is 0 Å². The number of aromatic amines is 1. The predicted octanol–water partition coefficient (Wildman–Crippen LogP) is 2.83. The molecular weight excluding hydrogens is 358 g/mol. The summed E-state index contributed by atoms with van der Waals surface area (Å²) < 4.78 is 11.4. The summed E-state index contributed by atoms with van der Waals surface area (Å²) >= 11 is 0. The highest BCUT2D eigenvalue weighted by atomic mass is 16.6. The summed E-state index contributed by atoms with van der Waals surface area (Å²) in [6.07, 6.45) is 2.84. The van der Waals surface area contributed by atoms with Crippen LogP contribution in [0.25, 0.3) is 0 Å². The van der Waals surface area contributed by atoms with Crippen LogP contribution in [0, 0.1) is 6.92 Å². The van der Waals surface area contributed by atoms with Gasteiger partial charge in [-0.3, -0.25) is 4.79 Å². The quantitative estimate of drug-likeness (QED) is 0.862. The number of hydrogen-bond donors (Lipinski definition) is 1. The molecule has 28 heavy (non-hydrogen) atoms. The predicted molar refractivity (Wildman–Crippen MR) is 103 cm³/mol. The van der Waals surface area contributed by atoms with Crippen molar-refractivity contribution in [1.82, 2.24) is 14.8 Å². The summed E-state index contributed by atoms with van der Waals surface area (Å²) in [5.74, 6) is 0.788. The molecule has 2 saturated heterocycles. The third-order valence-electron chi connectivity index (χ3n) is 5.43. The highest BCUT2D eigenvalue weighted by Crippen LogP contribution is 2.33. The number of para-hydroxylation sites is 1. The number of carbonyl (C=O) groups excluding carboxylic acids is 2. The number of H-pyrrole nitrogens is 1. The molecule has 2 fully saturated rings. The summed E-state index contributed by atoms with van der Waals surface area (Å²) in [5, 5.41) is 0. The number of nitrogens with one attached hydrogen (secondary N) is 1. The van der Waals surface area contributed by atoms with Crippen LogP contribution >= 0.6 is 0 Å². The van der Waals surface area contributed by atoms with E-state index in [1.165, 1.54) is 0 Å². The zero-order valence-corrected chi connectivity index (χ0v) is 16.0. The first-order valence-electron chi connectivity index (χ1n) is 9.65. The zero-order chi connectivity index (χ0) is 19.6. The normalized spacial score (nSPS) is 18.4. The molecule has 1 aromatic heterocycles. The van der Waals surface area contributed by atoms with E-state index >= 15 is 0 Å². The highest BCUT2D eigenvalue weighted by Gasteiger charge is 2.47. The van der Waals surface area contributed by atoms with Gasteiger partial charge in [0.05, 0.1) is 13.1 Å². The van der Waals surface area contributed by atoms with E-state index in [0.29, 0.717) is 51.3 Å². The van der Waals surface area contributed by atoms with Gasteiger partial charge in [0.1, 0.15) is 23.7 Å². The van der Waals surface area contributed by atoms with Crippen LogP contribution < -0.4 is 4.74 Å². The molecule has 0 atom stereocenters. The first kappa shape index (κ1) is 18.4. The standard InChI is InChI=1S/C21H25N3O4/c1-16-13-18(22-14-16)19(25)23-9-7-21(8-10-23)15-24(20(26)28-21)11-12-27-17-5-3-2-4-6-17/h2-6,13-14,22H,7-12,15H2,1H3.